The molecule has 6 nitrogen and oxygen atoms in total. The molecule has 0 spiro atoms. The third-order valence-corrected chi connectivity index (χ3v) is 5.46. The van der Waals surface area contributed by atoms with Crippen LogP contribution in [0.15, 0.2) is 57.7 Å². The molecule has 4 aromatic rings. The monoisotopic (exact) mass is 426 g/mol. The Balaban J connectivity index is 1.65. The molecule has 0 atom stereocenters. The summed E-state index contributed by atoms with van der Waals surface area (Å²) >= 11 is 7.26. The van der Waals surface area contributed by atoms with Crippen LogP contribution in [-0.2, 0) is 0 Å². The molecule has 146 valence electrons. The molecule has 1 amide bonds. The van der Waals surface area contributed by atoms with E-state index in [4.69, 9.17) is 20.8 Å². The second kappa shape index (κ2) is 7.69. The Kier molecular flexibility index (Phi) is 5.08. The van der Waals surface area contributed by atoms with Gasteiger partial charge in [0.15, 0.2) is 16.5 Å². The van der Waals surface area contributed by atoms with Gasteiger partial charge in [0, 0.05) is 20.8 Å². The number of nitrogens with one attached hydrogen (secondary N) is 1. The number of methoxy groups -OCH3 is 1. The molecule has 2 aromatic heterocycles. The third-order valence-electron chi connectivity index (χ3n) is 4.32. The van der Waals surface area contributed by atoms with Crippen molar-refractivity contribution < 1.29 is 13.9 Å². The molecule has 2 heterocycles. The van der Waals surface area contributed by atoms with Crippen LogP contribution in [0.1, 0.15) is 15.2 Å². The van der Waals surface area contributed by atoms with Gasteiger partial charge in [-0.1, -0.05) is 35.9 Å². The Morgan fingerprint density at radius 1 is 1.21 bits per heavy atom. The summed E-state index contributed by atoms with van der Waals surface area (Å²) in [6.07, 6.45) is 0. The summed E-state index contributed by atoms with van der Waals surface area (Å²) in [4.78, 5) is 30.4. The van der Waals surface area contributed by atoms with Gasteiger partial charge in [-0.15, -0.1) is 11.3 Å². The van der Waals surface area contributed by atoms with E-state index in [1.807, 2.05) is 19.1 Å². The molecule has 0 unspecified atom stereocenters. The number of anilines is 1. The van der Waals surface area contributed by atoms with Crippen molar-refractivity contribution in [1.82, 2.24) is 4.98 Å². The molecule has 0 saturated heterocycles. The van der Waals surface area contributed by atoms with Crippen molar-refractivity contribution in [3.63, 3.8) is 0 Å². The summed E-state index contributed by atoms with van der Waals surface area (Å²) in [5, 5.41) is 4.30. The van der Waals surface area contributed by atoms with E-state index in [1.165, 1.54) is 24.5 Å². The average molecular weight is 427 g/mol. The molecule has 0 radical (unpaired) electrons. The number of halogens is 1. The number of aromatic nitrogens is 1. The second-order valence-corrected chi connectivity index (χ2v) is 7.85. The van der Waals surface area contributed by atoms with Crippen molar-refractivity contribution in [2.75, 3.05) is 12.4 Å². The lowest BCUT2D eigenvalue weighted by molar-refractivity contribution is 0.102. The van der Waals surface area contributed by atoms with Crippen molar-refractivity contribution in [3.8, 4) is 17.0 Å². The summed E-state index contributed by atoms with van der Waals surface area (Å²) in [5.41, 5.74) is 1.09. The summed E-state index contributed by atoms with van der Waals surface area (Å²) in [6.45, 7) is 1.91. The zero-order valence-corrected chi connectivity index (χ0v) is 17.1. The highest BCUT2D eigenvalue weighted by Crippen LogP contribution is 2.31. The average Bonchev–Trinajstić information content (AvgIpc) is 3.07. The van der Waals surface area contributed by atoms with Crippen molar-refractivity contribution >= 4 is 44.9 Å². The lowest BCUT2D eigenvalue weighted by atomic mass is 10.1. The van der Waals surface area contributed by atoms with Gasteiger partial charge in [0.25, 0.3) is 5.91 Å². The Morgan fingerprint density at radius 2 is 1.97 bits per heavy atom. The van der Waals surface area contributed by atoms with Crippen molar-refractivity contribution in [2.24, 2.45) is 0 Å². The first-order chi connectivity index (χ1) is 14.0. The molecule has 0 fully saturated rings. The van der Waals surface area contributed by atoms with E-state index in [0.717, 1.165) is 16.1 Å². The molecule has 29 heavy (non-hydrogen) atoms. The van der Waals surface area contributed by atoms with Gasteiger partial charge >= 0.3 is 5.63 Å². The van der Waals surface area contributed by atoms with Crippen LogP contribution in [0.25, 0.3) is 22.2 Å². The standard InChI is InChI=1S/C21H15ClN2O4S/c1-11-17(12-6-8-14(22)9-7-12)23-21(29-11)24-19(25)15-10-13-4-3-5-16(27-2)18(13)28-20(15)26/h3-10H,1-2H3,(H,23,24,25). The van der Waals surface area contributed by atoms with Gasteiger partial charge in [-0.2, -0.15) is 0 Å². The normalized spacial score (nSPS) is 10.9. The first-order valence-corrected chi connectivity index (χ1v) is 9.81. The lowest BCUT2D eigenvalue weighted by Gasteiger charge is -2.05. The van der Waals surface area contributed by atoms with Gasteiger partial charge in [0.1, 0.15) is 5.56 Å². The minimum atomic E-state index is -0.745. The lowest BCUT2D eigenvalue weighted by Crippen LogP contribution is -2.20. The molecule has 0 saturated carbocycles. The van der Waals surface area contributed by atoms with Crippen molar-refractivity contribution in [3.05, 3.63) is 74.4 Å². The molecule has 1 N–H and O–H groups in total. The van der Waals surface area contributed by atoms with E-state index in [-0.39, 0.29) is 5.56 Å². The fourth-order valence-electron chi connectivity index (χ4n) is 2.93. The number of aryl methyl sites for hydroxylation is 1. The van der Waals surface area contributed by atoms with Gasteiger partial charge in [-0.05, 0) is 31.2 Å². The number of carbonyl (C=O) groups is 1. The smallest absolute Gasteiger partial charge is 0.349 e. The number of hydrogen-bond donors (Lipinski definition) is 1. The van der Waals surface area contributed by atoms with Crippen LogP contribution in [-0.4, -0.2) is 18.0 Å². The number of ether oxygens (including phenoxy) is 1. The van der Waals surface area contributed by atoms with Crippen LogP contribution in [0.2, 0.25) is 5.02 Å². The maximum atomic E-state index is 12.7. The summed E-state index contributed by atoms with van der Waals surface area (Å²) in [6, 6.07) is 13.9. The van der Waals surface area contributed by atoms with Crippen LogP contribution in [0.4, 0.5) is 5.13 Å². The highest BCUT2D eigenvalue weighted by molar-refractivity contribution is 7.16. The quantitative estimate of drug-likeness (QED) is 0.457. The first kappa shape index (κ1) is 19.2. The largest absolute Gasteiger partial charge is 0.493 e. The van der Waals surface area contributed by atoms with Gasteiger partial charge < -0.3 is 9.15 Å². The van der Waals surface area contributed by atoms with E-state index in [2.05, 4.69) is 10.3 Å². The van der Waals surface area contributed by atoms with E-state index in [1.54, 1.807) is 30.3 Å². The van der Waals surface area contributed by atoms with Gasteiger partial charge in [-0.25, -0.2) is 9.78 Å². The van der Waals surface area contributed by atoms with E-state index < -0.39 is 11.5 Å². The number of benzene rings is 2. The number of para-hydroxylation sites is 1. The molecule has 8 heteroatoms. The molecular formula is C21H15ClN2O4S. The Hall–Kier alpha value is -3.16. The van der Waals surface area contributed by atoms with Crippen LogP contribution in [0, 0.1) is 6.92 Å². The zero-order chi connectivity index (χ0) is 20.5. The molecule has 2 aromatic carbocycles. The predicted octanol–water partition coefficient (Wildman–Crippen LogP) is 5.14. The van der Waals surface area contributed by atoms with Gasteiger partial charge in [-0.3, -0.25) is 10.1 Å². The minimum absolute atomic E-state index is 0.105. The molecule has 0 aliphatic heterocycles. The van der Waals surface area contributed by atoms with E-state index >= 15 is 0 Å². The van der Waals surface area contributed by atoms with Crippen LogP contribution in [0.5, 0.6) is 5.75 Å². The fraction of sp³-hybridized carbons (Fsp3) is 0.0952. The number of hydrogen-bond acceptors (Lipinski definition) is 6. The number of amides is 1. The third kappa shape index (κ3) is 3.74. The first-order valence-electron chi connectivity index (χ1n) is 8.62. The molecular weight excluding hydrogens is 412 g/mol. The van der Waals surface area contributed by atoms with E-state index in [0.29, 0.717) is 26.9 Å². The predicted molar refractivity (Wildman–Crippen MR) is 114 cm³/mol. The van der Waals surface area contributed by atoms with E-state index in [9.17, 15) is 9.59 Å². The van der Waals surface area contributed by atoms with Gasteiger partial charge in [0.05, 0.1) is 12.8 Å². The maximum Gasteiger partial charge on any atom is 0.349 e. The van der Waals surface area contributed by atoms with Crippen LogP contribution in [0.3, 0.4) is 0 Å². The molecule has 0 aliphatic rings. The molecule has 0 aliphatic carbocycles. The van der Waals surface area contributed by atoms with Crippen LogP contribution >= 0.6 is 22.9 Å². The summed E-state index contributed by atoms with van der Waals surface area (Å²) in [5.74, 6) is -0.158. The number of thiazole rings is 1. The Labute approximate surface area is 174 Å². The fourth-order valence-corrected chi connectivity index (χ4v) is 3.88. The summed E-state index contributed by atoms with van der Waals surface area (Å²) < 4.78 is 10.5. The summed E-state index contributed by atoms with van der Waals surface area (Å²) in [7, 11) is 1.48. The molecule has 0 bridgehead atoms. The van der Waals surface area contributed by atoms with Crippen molar-refractivity contribution in [1.29, 1.82) is 0 Å². The number of carbonyl (C=O) groups excluding carboxylic acids is 1. The number of fused-ring (bicyclic) bond motifs is 1. The topological polar surface area (TPSA) is 81.4 Å². The molecule has 4 rings (SSSR count). The van der Waals surface area contributed by atoms with Crippen LogP contribution < -0.4 is 15.7 Å². The Bertz CT molecular complexity index is 1280. The SMILES string of the molecule is COc1cccc2cc(C(=O)Nc3nc(-c4ccc(Cl)cc4)c(C)s3)c(=O)oc12. The Morgan fingerprint density at radius 3 is 2.69 bits per heavy atom. The zero-order valence-electron chi connectivity index (χ0n) is 15.5. The van der Waals surface area contributed by atoms with Crippen molar-refractivity contribution in [2.45, 2.75) is 6.92 Å². The number of rotatable bonds is 4. The minimum Gasteiger partial charge on any atom is -0.493 e. The number of nitrogens with zero attached hydrogens (tertiary/aromatic N) is 1. The van der Waals surface area contributed by atoms with Gasteiger partial charge in [0.2, 0.25) is 0 Å². The maximum absolute atomic E-state index is 12.7. The highest BCUT2D eigenvalue weighted by atomic mass is 35.5. The highest BCUT2D eigenvalue weighted by Gasteiger charge is 2.18. The second-order valence-electron chi connectivity index (χ2n) is 6.21.